The Morgan fingerprint density at radius 3 is 1.28 bits per heavy atom. The van der Waals surface area contributed by atoms with Crippen LogP contribution in [0.4, 0.5) is 0 Å². The molecule has 7 N–H and O–H groups in total. The van der Waals surface area contributed by atoms with E-state index in [0.717, 1.165) is 4.90 Å². The van der Waals surface area contributed by atoms with Gasteiger partial charge >= 0.3 is 29.8 Å². The van der Waals surface area contributed by atoms with Crippen molar-refractivity contribution in [3.05, 3.63) is 0 Å². The molecule has 0 aromatic rings. The molecule has 0 fully saturated rings. The minimum Gasteiger partial charge on any atom is -0.481 e. The average molecular weight is 369 g/mol. The van der Waals surface area contributed by atoms with Crippen LogP contribution >= 0.6 is 0 Å². The number of hydrogen-bond acceptors (Lipinski definition) is 8. The molecule has 0 aliphatic carbocycles. The first-order valence-corrected chi connectivity index (χ1v) is 6.50. The number of aliphatic carboxylic acids is 5. The fraction of sp³-hybridized carbons (Fsp3) is 0.583. The maximum atomic E-state index is 10.3. The summed E-state index contributed by atoms with van der Waals surface area (Å²) in [5.74, 6) is -7.23. The fourth-order valence-electron chi connectivity index (χ4n) is 1.45. The molecule has 0 radical (unpaired) electrons. The van der Waals surface area contributed by atoms with Crippen molar-refractivity contribution in [2.45, 2.75) is 18.4 Å². The average Bonchev–Trinajstić information content (AvgIpc) is 2.35. The van der Waals surface area contributed by atoms with Gasteiger partial charge in [-0.15, -0.1) is 0 Å². The van der Waals surface area contributed by atoms with Gasteiger partial charge in [-0.2, -0.15) is 0 Å². The molecular weight excluding hydrogens is 350 g/mol. The van der Waals surface area contributed by atoms with E-state index in [-0.39, 0.29) is 26.2 Å². The highest BCUT2D eigenvalue weighted by molar-refractivity contribution is 5.88. The number of aliphatic hydroxyl groups is 2. The Balaban J connectivity index is 0. The van der Waals surface area contributed by atoms with Crippen molar-refractivity contribution in [3.63, 3.8) is 0 Å². The third kappa shape index (κ3) is 13.4. The molecular formula is C12H19NO12. The summed E-state index contributed by atoms with van der Waals surface area (Å²) in [6.45, 7) is -0.932. The second kappa shape index (κ2) is 11.7. The number of hydrogen-bond donors (Lipinski definition) is 7. The second-order valence-electron chi connectivity index (χ2n) is 4.70. The van der Waals surface area contributed by atoms with Crippen molar-refractivity contribution >= 4 is 29.8 Å². The molecule has 0 heterocycles. The van der Waals surface area contributed by atoms with Crippen LogP contribution in [0.1, 0.15) is 12.8 Å². The topological polar surface area (TPSA) is 230 Å². The van der Waals surface area contributed by atoms with Gasteiger partial charge in [-0.05, 0) is 0 Å². The quantitative estimate of drug-likeness (QED) is 0.195. The SMILES string of the molecule is O=C(O)CC(O)(CC(=O)O)C(=O)O.O=C(O)CN(CCO)CC(=O)O. The van der Waals surface area contributed by atoms with Gasteiger partial charge in [-0.3, -0.25) is 24.1 Å². The molecule has 0 spiro atoms. The minimum absolute atomic E-state index is 0.0542. The van der Waals surface area contributed by atoms with E-state index in [1.807, 2.05) is 0 Å². The van der Waals surface area contributed by atoms with Gasteiger partial charge in [0.05, 0.1) is 32.5 Å². The van der Waals surface area contributed by atoms with E-state index in [9.17, 15) is 24.0 Å². The van der Waals surface area contributed by atoms with Crippen molar-refractivity contribution in [2.75, 3.05) is 26.2 Å². The third-order valence-corrected chi connectivity index (χ3v) is 2.42. The lowest BCUT2D eigenvalue weighted by Gasteiger charge is -2.18. The Morgan fingerprint density at radius 2 is 1.08 bits per heavy atom. The normalized spacial score (nSPS) is 10.5. The van der Waals surface area contributed by atoms with Crippen LogP contribution in [0.25, 0.3) is 0 Å². The molecule has 0 saturated carbocycles. The highest BCUT2D eigenvalue weighted by Crippen LogP contribution is 2.15. The summed E-state index contributed by atoms with van der Waals surface area (Å²) in [7, 11) is 0. The predicted octanol–water partition coefficient (Wildman–Crippen LogP) is -2.80. The standard InChI is InChI=1S/C6H11NO5.C6H8O7/c8-2-1-7(3-5(9)10)4-6(11)12;7-3(8)1-6(13,5(11)12)2-4(9)10/h8H,1-4H2,(H,9,10)(H,11,12);13H,1-2H2,(H,7,8)(H,9,10)(H,11,12). The van der Waals surface area contributed by atoms with E-state index >= 15 is 0 Å². The zero-order chi connectivity index (χ0) is 20.2. The van der Waals surface area contributed by atoms with Crippen LogP contribution < -0.4 is 0 Å². The van der Waals surface area contributed by atoms with Crippen LogP contribution in [-0.2, 0) is 24.0 Å². The number of carbonyl (C=O) groups is 5. The third-order valence-electron chi connectivity index (χ3n) is 2.42. The molecule has 13 heteroatoms. The van der Waals surface area contributed by atoms with E-state index in [2.05, 4.69) is 0 Å². The summed E-state index contributed by atoms with van der Waals surface area (Å²) in [5.41, 5.74) is -2.74. The number of carboxylic acids is 5. The predicted molar refractivity (Wildman–Crippen MR) is 75.9 cm³/mol. The fourth-order valence-corrected chi connectivity index (χ4v) is 1.45. The first-order valence-electron chi connectivity index (χ1n) is 6.50. The number of carboxylic acid groups (broad SMARTS) is 5. The smallest absolute Gasteiger partial charge is 0.336 e. The first kappa shape index (κ1) is 24.5. The van der Waals surface area contributed by atoms with Gasteiger partial charge in [0.1, 0.15) is 0 Å². The van der Waals surface area contributed by atoms with Crippen LogP contribution in [0.5, 0.6) is 0 Å². The molecule has 0 aliphatic heterocycles. The lowest BCUT2D eigenvalue weighted by Crippen LogP contribution is -2.42. The van der Waals surface area contributed by atoms with Gasteiger partial charge < -0.3 is 35.7 Å². The first-order chi connectivity index (χ1) is 11.3. The maximum absolute atomic E-state index is 10.3. The summed E-state index contributed by atoms with van der Waals surface area (Å²) >= 11 is 0. The zero-order valence-corrected chi connectivity index (χ0v) is 12.9. The molecule has 144 valence electrons. The van der Waals surface area contributed by atoms with Crippen LogP contribution in [0.15, 0.2) is 0 Å². The van der Waals surface area contributed by atoms with Crippen molar-refractivity contribution in [1.82, 2.24) is 4.90 Å². The molecule has 0 aromatic carbocycles. The minimum atomic E-state index is -2.74. The zero-order valence-electron chi connectivity index (χ0n) is 12.9. The number of nitrogens with zero attached hydrogens (tertiary/aromatic N) is 1. The summed E-state index contributed by atoms with van der Waals surface area (Å²) < 4.78 is 0. The van der Waals surface area contributed by atoms with Gasteiger partial charge in [-0.25, -0.2) is 4.79 Å². The van der Waals surface area contributed by atoms with E-state index in [1.165, 1.54) is 0 Å². The highest BCUT2D eigenvalue weighted by atomic mass is 16.4. The molecule has 0 atom stereocenters. The highest BCUT2D eigenvalue weighted by Gasteiger charge is 2.40. The summed E-state index contributed by atoms with van der Waals surface area (Å²) in [6.07, 6.45) is -2.29. The molecule has 0 aromatic heterocycles. The molecule has 13 nitrogen and oxygen atoms in total. The molecule has 25 heavy (non-hydrogen) atoms. The van der Waals surface area contributed by atoms with Gasteiger partial charge in [-0.1, -0.05) is 0 Å². The lowest BCUT2D eigenvalue weighted by molar-refractivity contribution is -0.170. The van der Waals surface area contributed by atoms with Crippen molar-refractivity contribution in [1.29, 1.82) is 0 Å². The molecule has 0 unspecified atom stereocenters. The summed E-state index contributed by atoms with van der Waals surface area (Å²) in [6, 6.07) is 0. The van der Waals surface area contributed by atoms with E-state index in [4.69, 9.17) is 35.7 Å². The summed E-state index contributed by atoms with van der Waals surface area (Å²) in [4.78, 5) is 51.9. The van der Waals surface area contributed by atoms with Crippen molar-refractivity contribution < 1.29 is 59.7 Å². The van der Waals surface area contributed by atoms with Crippen LogP contribution in [-0.4, -0.2) is 102 Å². The molecule has 0 bridgehead atoms. The Morgan fingerprint density at radius 1 is 0.720 bits per heavy atom. The Labute approximate surface area is 140 Å². The maximum Gasteiger partial charge on any atom is 0.336 e. The Bertz CT molecular complexity index is 470. The van der Waals surface area contributed by atoms with Crippen molar-refractivity contribution in [3.8, 4) is 0 Å². The number of aliphatic hydroxyl groups excluding tert-OH is 1. The van der Waals surface area contributed by atoms with E-state index in [1.54, 1.807) is 0 Å². The molecule has 0 saturated heterocycles. The van der Waals surface area contributed by atoms with Crippen LogP contribution in [0.2, 0.25) is 0 Å². The largest absolute Gasteiger partial charge is 0.481 e. The van der Waals surface area contributed by atoms with Gasteiger partial charge in [0.2, 0.25) is 0 Å². The molecule has 0 rings (SSSR count). The lowest BCUT2D eigenvalue weighted by atomic mass is 9.96. The van der Waals surface area contributed by atoms with Crippen LogP contribution in [0, 0.1) is 0 Å². The van der Waals surface area contributed by atoms with Crippen molar-refractivity contribution in [2.24, 2.45) is 0 Å². The van der Waals surface area contributed by atoms with Gasteiger partial charge in [0.15, 0.2) is 5.60 Å². The molecule has 0 aliphatic rings. The van der Waals surface area contributed by atoms with E-state index < -0.39 is 48.3 Å². The Hall–Kier alpha value is -2.77. The van der Waals surface area contributed by atoms with Gasteiger partial charge in [0, 0.05) is 6.54 Å². The monoisotopic (exact) mass is 369 g/mol. The van der Waals surface area contributed by atoms with E-state index in [0.29, 0.717) is 0 Å². The van der Waals surface area contributed by atoms with Crippen LogP contribution in [0.3, 0.4) is 0 Å². The summed E-state index contributed by atoms with van der Waals surface area (Å²) in [5, 5.41) is 58.9. The second-order valence-corrected chi connectivity index (χ2v) is 4.70. The molecule has 0 amide bonds. The number of rotatable bonds is 11. The Kier molecular flexibility index (Phi) is 11.5. The van der Waals surface area contributed by atoms with Gasteiger partial charge in [0.25, 0.3) is 0 Å².